The number of hydrogen-bond acceptors (Lipinski definition) is 7. The van der Waals surface area contributed by atoms with Crippen LogP contribution in [0.2, 0.25) is 0 Å². The fourth-order valence-electron chi connectivity index (χ4n) is 0.862. The summed E-state index contributed by atoms with van der Waals surface area (Å²) in [6.07, 6.45) is 0. The van der Waals surface area contributed by atoms with Crippen molar-refractivity contribution in [2.45, 2.75) is 12.6 Å². The summed E-state index contributed by atoms with van der Waals surface area (Å²) in [5.74, 6) is 0. The maximum absolute atomic E-state index is 10.5. The van der Waals surface area contributed by atoms with Crippen LogP contribution in [0.4, 0.5) is 0 Å². The van der Waals surface area contributed by atoms with Crippen molar-refractivity contribution >= 4 is 0 Å². The Morgan fingerprint density at radius 1 is 1.19 bits per heavy atom. The fraction of sp³-hybridized carbons (Fsp3) is 1.00. The molecule has 0 atom stereocenters. The summed E-state index contributed by atoms with van der Waals surface area (Å²) in [6, 6.07) is 0. The van der Waals surface area contributed by atoms with Crippen molar-refractivity contribution in [3.8, 4) is 0 Å². The molecule has 16 heavy (non-hydrogen) atoms. The molecule has 1 N–H and O–H groups in total. The Balaban J connectivity index is 4.92. The first-order valence-corrected chi connectivity index (χ1v) is 4.04. The molecule has 0 amide bonds. The largest absolute Gasteiger partial charge is 0.478 e. The molecule has 11 heteroatoms. The van der Waals surface area contributed by atoms with Gasteiger partial charge in [0.05, 0.1) is 13.5 Å². The van der Waals surface area contributed by atoms with Crippen LogP contribution in [0.1, 0.15) is 6.92 Å². The second-order valence-corrected chi connectivity index (χ2v) is 3.08. The van der Waals surface area contributed by atoms with E-state index < -0.39 is 40.2 Å². The highest BCUT2D eigenvalue weighted by atomic mass is 16.7. The van der Waals surface area contributed by atoms with Crippen LogP contribution in [-0.2, 0) is 0 Å². The predicted molar refractivity (Wildman–Crippen MR) is 48.0 cm³/mol. The van der Waals surface area contributed by atoms with E-state index in [4.69, 9.17) is 5.11 Å². The SMILES string of the molecule is CC(CN(CCO)[N+](=O)[O-])([N+](=O)[O-])[N+](=O)[O-]. The van der Waals surface area contributed by atoms with Crippen LogP contribution < -0.4 is 0 Å². The molecule has 0 rings (SSSR count). The van der Waals surface area contributed by atoms with Crippen LogP contribution in [0.3, 0.4) is 0 Å². The van der Waals surface area contributed by atoms with E-state index in [0.29, 0.717) is 6.92 Å². The van der Waals surface area contributed by atoms with E-state index in [1.807, 2.05) is 0 Å². The third-order valence-electron chi connectivity index (χ3n) is 1.86. The Morgan fingerprint density at radius 3 is 1.88 bits per heavy atom. The number of hydrogen-bond donors (Lipinski definition) is 1. The second-order valence-electron chi connectivity index (χ2n) is 3.08. The Bertz CT molecular complexity index is 291. The molecule has 0 fully saturated rings. The number of aliphatic hydroxyl groups is 1. The van der Waals surface area contributed by atoms with Gasteiger partial charge in [-0.2, -0.15) is 0 Å². The Morgan fingerprint density at radius 2 is 1.62 bits per heavy atom. The molecule has 0 aliphatic carbocycles. The van der Waals surface area contributed by atoms with Gasteiger partial charge in [0.25, 0.3) is 0 Å². The molecule has 0 heterocycles. The summed E-state index contributed by atoms with van der Waals surface area (Å²) in [4.78, 5) is 28.9. The van der Waals surface area contributed by atoms with E-state index in [1.165, 1.54) is 0 Å². The van der Waals surface area contributed by atoms with Crippen LogP contribution in [0, 0.1) is 30.3 Å². The van der Waals surface area contributed by atoms with Gasteiger partial charge in [0.2, 0.25) is 6.54 Å². The predicted octanol–water partition coefficient (Wildman–Crippen LogP) is -1.26. The molecule has 0 bridgehead atoms. The summed E-state index contributed by atoms with van der Waals surface area (Å²) in [5, 5.41) is 39.0. The first-order valence-electron chi connectivity index (χ1n) is 4.04. The monoisotopic (exact) mass is 238 g/mol. The topological polar surface area (TPSA) is 153 Å². The molecule has 0 saturated heterocycles. The molecule has 0 aromatic heterocycles. The molecule has 0 unspecified atom stereocenters. The lowest BCUT2D eigenvalue weighted by atomic mass is 10.2. The standard InChI is InChI=1S/C5H10N4O7/c1-5(7(11)12,8(13)14)4-6(2-3-10)9(15)16/h10H,2-4H2,1H3. The molecule has 0 spiro atoms. The van der Waals surface area contributed by atoms with Gasteiger partial charge in [0.1, 0.15) is 16.4 Å². The minimum absolute atomic E-state index is 0.228. The van der Waals surface area contributed by atoms with Gasteiger partial charge in [0, 0.05) is 0 Å². The highest BCUT2D eigenvalue weighted by molar-refractivity contribution is 4.63. The Hall–Kier alpha value is -2.04. The van der Waals surface area contributed by atoms with Gasteiger partial charge >= 0.3 is 5.66 Å². The number of aliphatic hydroxyl groups excluding tert-OH is 1. The van der Waals surface area contributed by atoms with Gasteiger partial charge in [-0.1, -0.05) is 0 Å². The zero-order chi connectivity index (χ0) is 12.9. The van der Waals surface area contributed by atoms with E-state index in [0.717, 1.165) is 0 Å². The molecular weight excluding hydrogens is 228 g/mol. The summed E-state index contributed by atoms with van der Waals surface area (Å²) in [7, 11) is 0. The normalized spacial score (nSPS) is 10.9. The minimum Gasteiger partial charge on any atom is -0.394 e. The zero-order valence-electron chi connectivity index (χ0n) is 8.31. The maximum atomic E-state index is 10.5. The van der Waals surface area contributed by atoms with Crippen molar-refractivity contribution in [3.05, 3.63) is 30.3 Å². The lowest BCUT2D eigenvalue weighted by Gasteiger charge is -2.17. The lowest BCUT2D eigenvalue weighted by molar-refractivity contribution is -0.805. The van der Waals surface area contributed by atoms with Crippen molar-refractivity contribution < 1.29 is 20.0 Å². The molecule has 92 valence electrons. The van der Waals surface area contributed by atoms with Crippen molar-refractivity contribution in [3.63, 3.8) is 0 Å². The number of rotatable bonds is 7. The smallest absolute Gasteiger partial charge is 0.394 e. The van der Waals surface area contributed by atoms with Crippen LogP contribution in [0.25, 0.3) is 0 Å². The number of hydrazine groups is 1. The Labute approximate surface area is 88.7 Å². The van der Waals surface area contributed by atoms with E-state index >= 15 is 0 Å². The van der Waals surface area contributed by atoms with Crippen molar-refractivity contribution in [2.75, 3.05) is 19.7 Å². The van der Waals surface area contributed by atoms with Crippen molar-refractivity contribution in [2.24, 2.45) is 0 Å². The maximum Gasteiger partial charge on any atom is 0.478 e. The van der Waals surface area contributed by atoms with Gasteiger partial charge in [-0.25, -0.2) is 10.1 Å². The third-order valence-corrected chi connectivity index (χ3v) is 1.86. The van der Waals surface area contributed by atoms with Crippen LogP contribution in [0.15, 0.2) is 0 Å². The van der Waals surface area contributed by atoms with Gasteiger partial charge in [0.15, 0.2) is 5.03 Å². The fourth-order valence-corrected chi connectivity index (χ4v) is 0.862. The first kappa shape index (κ1) is 14.0. The van der Waals surface area contributed by atoms with E-state index in [2.05, 4.69) is 0 Å². The van der Waals surface area contributed by atoms with E-state index in [1.54, 1.807) is 0 Å². The first-order chi connectivity index (χ1) is 7.25. The quantitative estimate of drug-likeness (QED) is 0.327. The van der Waals surface area contributed by atoms with Crippen molar-refractivity contribution in [1.29, 1.82) is 0 Å². The van der Waals surface area contributed by atoms with E-state index in [9.17, 15) is 30.3 Å². The van der Waals surface area contributed by atoms with Gasteiger partial charge < -0.3 is 5.11 Å². The number of nitrogens with zero attached hydrogens (tertiary/aromatic N) is 4. The minimum atomic E-state index is -2.68. The molecule has 11 nitrogen and oxygen atoms in total. The van der Waals surface area contributed by atoms with Crippen LogP contribution >= 0.6 is 0 Å². The average Bonchev–Trinajstić information content (AvgIpc) is 2.15. The van der Waals surface area contributed by atoms with Crippen LogP contribution in [0.5, 0.6) is 0 Å². The summed E-state index contributed by atoms with van der Waals surface area (Å²) >= 11 is 0. The zero-order valence-corrected chi connectivity index (χ0v) is 8.31. The Kier molecular flexibility index (Phi) is 4.50. The molecule has 0 aliphatic heterocycles. The molecule has 0 radical (unpaired) electrons. The van der Waals surface area contributed by atoms with Gasteiger partial charge in [-0.15, -0.1) is 5.01 Å². The average molecular weight is 238 g/mol. The van der Waals surface area contributed by atoms with Gasteiger partial charge in [-0.3, -0.25) is 20.2 Å². The molecule has 0 aliphatic rings. The second kappa shape index (κ2) is 5.16. The lowest BCUT2D eigenvalue weighted by Crippen LogP contribution is -2.54. The van der Waals surface area contributed by atoms with Crippen LogP contribution in [-0.4, -0.2) is 50.4 Å². The summed E-state index contributed by atoms with van der Waals surface area (Å²) in [6.45, 7) is -1.52. The summed E-state index contributed by atoms with van der Waals surface area (Å²) in [5.41, 5.74) is -2.68. The van der Waals surface area contributed by atoms with Gasteiger partial charge in [-0.05, 0) is 0 Å². The third kappa shape index (κ3) is 2.98. The van der Waals surface area contributed by atoms with E-state index in [-0.39, 0.29) is 5.01 Å². The highest BCUT2D eigenvalue weighted by Gasteiger charge is 2.54. The molecule has 0 aromatic rings. The molecule has 0 aromatic carbocycles. The highest BCUT2D eigenvalue weighted by Crippen LogP contribution is 2.12. The molecular formula is C5H10N4O7. The number of nitro groups is 3. The summed E-state index contributed by atoms with van der Waals surface area (Å²) < 4.78 is 0. The molecule has 0 saturated carbocycles. The van der Waals surface area contributed by atoms with Crippen molar-refractivity contribution in [1.82, 2.24) is 5.01 Å².